The largest absolute Gasteiger partial charge is 0.335 e. The average molecular weight is 264 g/mol. The fourth-order valence-corrected chi connectivity index (χ4v) is 1.29. The number of nitro groups is 1. The molecule has 0 spiro atoms. The first-order chi connectivity index (χ1) is 8.79. The topological polar surface area (TPSA) is 96.6 Å². The van der Waals surface area contributed by atoms with Crippen LogP contribution in [0.1, 0.15) is 26.3 Å². The van der Waals surface area contributed by atoms with Crippen molar-refractivity contribution in [3.63, 3.8) is 0 Å². The maximum absolute atomic E-state index is 11.4. The molecule has 0 aliphatic heterocycles. The maximum Gasteiger partial charge on any atom is 0.335 e. The molecule has 1 rings (SSSR count). The van der Waals surface area contributed by atoms with Gasteiger partial charge >= 0.3 is 6.03 Å². The second-order valence-corrected chi connectivity index (χ2v) is 4.89. The average Bonchev–Trinajstić information content (AvgIpc) is 2.27. The lowest BCUT2D eigenvalue weighted by Crippen LogP contribution is -2.44. The number of para-hydroxylation sites is 1. The summed E-state index contributed by atoms with van der Waals surface area (Å²) >= 11 is 0. The van der Waals surface area contributed by atoms with Crippen LogP contribution in [0.25, 0.3) is 0 Å². The lowest BCUT2D eigenvalue weighted by Gasteiger charge is -2.19. The van der Waals surface area contributed by atoms with Gasteiger partial charge in [0.05, 0.1) is 16.7 Å². The molecular weight excluding hydrogens is 248 g/mol. The van der Waals surface area contributed by atoms with Crippen LogP contribution in [0.5, 0.6) is 0 Å². The van der Waals surface area contributed by atoms with Crippen molar-refractivity contribution in [1.82, 2.24) is 10.7 Å². The summed E-state index contributed by atoms with van der Waals surface area (Å²) in [5.74, 6) is 0. The van der Waals surface area contributed by atoms with Gasteiger partial charge in [0.1, 0.15) is 0 Å². The van der Waals surface area contributed by atoms with Gasteiger partial charge in [-0.1, -0.05) is 12.1 Å². The van der Waals surface area contributed by atoms with E-state index in [1.54, 1.807) is 18.2 Å². The molecule has 0 heterocycles. The summed E-state index contributed by atoms with van der Waals surface area (Å²) in [7, 11) is 0. The minimum Gasteiger partial charge on any atom is -0.332 e. The standard InChI is InChI=1S/C12H16N4O3/c1-12(2,3)14-11(17)15-13-8-9-6-4-5-7-10(9)16(18)19/h4-8H,1-3H3,(H2,14,15,17)/b13-8+. The second kappa shape index (κ2) is 5.94. The van der Waals surface area contributed by atoms with Gasteiger partial charge in [0.15, 0.2) is 0 Å². The van der Waals surface area contributed by atoms with Crippen molar-refractivity contribution in [2.24, 2.45) is 5.10 Å². The maximum atomic E-state index is 11.4. The third-order valence-electron chi connectivity index (χ3n) is 1.99. The third-order valence-corrected chi connectivity index (χ3v) is 1.99. The Kier molecular flexibility index (Phi) is 4.57. The predicted molar refractivity (Wildman–Crippen MR) is 72.1 cm³/mol. The smallest absolute Gasteiger partial charge is 0.332 e. The first-order valence-corrected chi connectivity index (χ1v) is 5.64. The van der Waals surface area contributed by atoms with Crippen LogP contribution < -0.4 is 10.7 Å². The highest BCUT2D eigenvalue weighted by atomic mass is 16.6. The van der Waals surface area contributed by atoms with Crippen molar-refractivity contribution < 1.29 is 9.72 Å². The summed E-state index contributed by atoms with van der Waals surface area (Å²) in [6.45, 7) is 5.50. The van der Waals surface area contributed by atoms with Gasteiger partial charge in [-0.15, -0.1) is 0 Å². The summed E-state index contributed by atoms with van der Waals surface area (Å²) < 4.78 is 0. The Morgan fingerprint density at radius 2 is 2.00 bits per heavy atom. The predicted octanol–water partition coefficient (Wildman–Crippen LogP) is 2.03. The molecule has 2 N–H and O–H groups in total. The highest BCUT2D eigenvalue weighted by Crippen LogP contribution is 2.14. The highest BCUT2D eigenvalue weighted by Gasteiger charge is 2.13. The van der Waals surface area contributed by atoms with Crippen molar-refractivity contribution >= 4 is 17.9 Å². The molecule has 1 aromatic carbocycles. The number of benzene rings is 1. The summed E-state index contributed by atoms with van der Waals surface area (Å²) in [6, 6.07) is 5.67. The fourth-order valence-electron chi connectivity index (χ4n) is 1.29. The molecule has 7 nitrogen and oxygen atoms in total. The molecule has 102 valence electrons. The SMILES string of the molecule is CC(C)(C)NC(=O)N/N=C/c1ccccc1[N+](=O)[O-]. The lowest BCUT2D eigenvalue weighted by atomic mass is 10.1. The molecule has 0 saturated heterocycles. The summed E-state index contributed by atoms with van der Waals surface area (Å²) in [5, 5.41) is 17.1. The summed E-state index contributed by atoms with van der Waals surface area (Å²) in [6.07, 6.45) is 1.24. The fraction of sp³-hybridized carbons (Fsp3) is 0.333. The Labute approximate surface area is 110 Å². The van der Waals surface area contributed by atoms with Crippen LogP contribution >= 0.6 is 0 Å². The van der Waals surface area contributed by atoms with Gasteiger partial charge in [0.25, 0.3) is 5.69 Å². The van der Waals surface area contributed by atoms with Gasteiger partial charge in [-0.2, -0.15) is 5.10 Å². The Hall–Kier alpha value is -2.44. The minimum atomic E-state index is -0.503. The number of carbonyl (C=O) groups excluding carboxylic acids is 1. The molecule has 0 unspecified atom stereocenters. The number of hydrogen-bond donors (Lipinski definition) is 2. The number of hydrogen-bond acceptors (Lipinski definition) is 4. The molecule has 0 saturated carbocycles. The zero-order valence-electron chi connectivity index (χ0n) is 11.0. The van der Waals surface area contributed by atoms with Crippen LogP contribution in [0.3, 0.4) is 0 Å². The van der Waals surface area contributed by atoms with Crippen LogP contribution in [0.2, 0.25) is 0 Å². The Bertz CT molecular complexity index is 506. The molecule has 0 atom stereocenters. The number of urea groups is 1. The van der Waals surface area contributed by atoms with Gasteiger partial charge in [-0.05, 0) is 26.8 Å². The molecule has 0 radical (unpaired) electrons. The van der Waals surface area contributed by atoms with Crippen molar-refractivity contribution in [1.29, 1.82) is 0 Å². The van der Waals surface area contributed by atoms with Gasteiger partial charge in [-0.3, -0.25) is 10.1 Å². The molecule has 7 heteroatoms. The zero-order chi connectivity index (χ0) is 14.5. The van der Waals surface area contributed by atoms with E-state index in [1.165, 1.54) is 12.3 Å². The van der Waals surface area contributed by atoms with E-state index in [0.29, 0.717) is 5.56 Å². The number of amides is 2. The molecule has 0 bridgehead atoms. The van der Waals surface area contributed by atoms with E-state index in [-0.39, 0.29) is 11.2 Å². The molecule has 19 heavy (non-hydrogen) atoms. The molecular formula is C12H16N4O3. The molecule has 1 aromatic rings. The van der Waals surface area contributed by atoms with E-state index in [9.17, 15) is 14.9 Å². The van der Waals surface area contributed by atoms with Crippen LogP contribution in [0, 0.1) is 10.1 Å². The van der Waals surface area contributed by atoms with Crippen molar-refractivity contribution in [3.05, 3.63) is 39.9 Å². The van der Waals surface area contributed by atoms with Crippen molar-refractivity contribution in [3.8, 4) is 0 Å². The molecule has 0 aliphatic carbocycles. The van der Waals surface area contributed by atoms with E-state index in [0.717, 1.165) is 0 Å². The van der Waals surface area contributed by atoms with Gasteiger partial charge in [0, 0.05) is 11.6 Å². The Morgan fingerprint density at radius 1 is 1.37 bits per heavy atom. The number of hydrazone groups is 1. The quantitative estimate of drug-likeness (QED) is 0.496. The van der Waals surface area contributed by atoms with E-state index in [4.69, 9.17) is 0 Å². The van der Waals surface area contributed by atoms with Gasteiger partial charge in [0.2, 0.25) is 0 Å². The third kappa shape index (κ3) is 5.15. The van der Waals surface area contributed by atoms with Crippen LogP contribution in [-0.4, -0.2) is 22.7 Å². The number of nitrogens with zero attached hydrogens (tertiary/aromatic N) is 2. The summed E-state index contributed by atoms with van der Waals surface area (Å²) in [5.41, 5.74) is 2.13. The monoisotopic (exact) mass is 264 g/mol. The van der Waals surface area contributed by atoms with Crippen LogP contribution in [0.4, 0.5) is 10.5 Å². The first-order valence-electron chi connectivity index (χ1n) is 5.64. The van der Waals surface area contributed by atoms with E-state index in [1.807, 2.05) is 20.8 Å². The molecule has 2 amide bonds. The number of nitrogens with one attached hydrogen (secondary N) is 2. The Morgan fingerprint density at radius 3 is 2.58 bits per heavy atom. The Balaban J connectivity index is 2.68. The molecule has 0 aromatic heterocycles. The van der Waals surface area contributed by atoms with Gasteiger partial charge in [-0.25, -0.2) is 10.2 Å². The number of nitro benzene ring substituents is 1. The van der Waals surface area contributed by atoms with Crippen LogP contribution in [0.15, 0.2) is 29.4 Å². The number of carbonyl (C=O) groups is 1. The van der Waals surface area contributed by atoms with Crippen molar-refractivity contribution in [2.75, 3.05) is 0 Å². The van der Waals surface area contributed by atoms with Crippen LogP contribution in [-0.2, 0) is 0 Å². The zero-order valence-corrected chi connectivity index (χ0v) is 11.0. The molecule has 0 fully saturated rings. The van der Waals surface area contributed by atoms with Gasteiger partial charge < -0.3 is 5.32 Å². The minimum absolute atomic E-state index is 0.0655. The number of rotatable bonds is 3. The lowest BCUT2D eigenvalue weighted by molar-refractivity contribution is -0.385. The highest BCUT2D eigenvalue weighted by molar-refractivity contribution is 5.86. The van der Waals surface area contributed by atoms with E-state index in [2.05, 4.69) is 15.8 Å². The summed E-state index contributed by atoms with van der Waals surface area (Å²) in [4.78, 5) is 21.6. The van der Waals surface area contributed by atoms with E-state index >= 15 is 0 Å². The normalized spacial score (nSPS) is 11.3. The second-order valence-electron chi connectivity index (χ2n) is 4.89. The first kappa shape index (κ1) is 14.6. The van der Waals surface area contributed by atoms with E-state index < -0.39 is 11.0 Å². The molecule has 0 aliphatic rings. The van der Waals surface area contributed by atoms with Crippen molar-refractivity contribution in [2.45, 2.75) is 26.3 Å².